The van der Waals surface area contributed by atoms with Crippen molar-refractivity contribution in [2.45, 2.75) is 10.3 Å². The minimum absolute atomic E-state index is 0.0471. The Balaban J connectivity index is 1.60. The van der Waals surface area contributed by atoms with Gasteiger partial charge in [-0.25, -0.2) is 8.42 Å². The van der Waals surface area contributed by atoms with E-state index in [-0.39, 0.29) is 22.7 Å². The van der Waals surface area contributed by atoms with E-state index in [1.54, 1.807) is 11.3 Å². The number of likely N-dealkylation sites (N-methyl/N-ethyl adjacent to an activating group) is 1. The van der Waals surface area contributed by atoms with Crippen molar-refractivity contribution in [2.75, 3.05) is 46.4 Å². The largest absolute Gasteiger partial charge is 0.379 e. The van der Waals surface area contributed by atoms with Gasteiger partial charge in [-0.15, -0.1) is 22.7 Å². The first-order valence-corrected chi connectivity index (χ1v) is 12.2. The lowest BCUT2D eigenvalue weighted by atomic mass is 10.2. The van der Waals surface area contributed by atoms with Crippen LogP contribution in [0.15, 0.2) is 33.9 Å². The van der Waals surface area contributed by atoms with Crippen molar-refractivity contribution in [3.8, 4) is 0 Å². The molecule has 1 aliphatic heterocycles. The van der Waals surface area contributed by atoms with Crippen LogP contribution in [0.25, 0.3) is 0 Å². The van der Waals surface area contributed by atoms with Crippen LogP contribution in [0.5, 0.6) is 0 Å². The van der Waals surface area contributed by atoms with E-state index in [0.29, 0.717) is 24.1 Å². The molecule has 1 aliphatic rings. The van der Waals surface area contributed by atoms with E-state index in [0.717, 1.165) is 33.6 Å². The predicted octanol–water partition coefficient (Wildman–Crippen LogP) is 2.27. The van der Waals surface area contributed by atoms with Gasteiger partial charge in [-0.2, -0.15) is 4.31 Å². The number of halogens is 1. The summed E-state index contributed by atoms with van der Waals surface area (Å²) in [4.78, 5) is 15.9. The van der Waals surface area contributed by atoms with Gasteiger partial charge in [-0.1, -0.05) is 17.7 Å². The Morgan fingerprint density at radius 3 is 2.71 bits per heavy atom. The number of ether oxygens (including phenoxy) is 1. The van der Waals surface area contributed by atoms with Crippen LogP contribution in [0.1, 0.15) is 10.9 Å². The molecule has 2 aromatic rings. The van der Waals surface area contributed by atoms with E-state index in [9.17, 15) is 13.2 Å². The molecule has 7 nitrogen and oxygen atoms in total. The number of thiophene rings is 2. The summed E-state index contributed by atoms with van der Waals surface area (Å²) in [5, 5.41) is 4.90. The molecule has 3 rings (SSSR count). The molecule has 0 radical (unpaired) electrons. The average Bonchev–Trinajstić information content (AvgIpc) is 3.35. The second-order valence-electron chi connectivity index (χ2n) is 6.30. The smallest absolute Gasteiger partial charge is 0.252 e. The predicted molar refractivity (Wildman–Crippen MR) is 112 cm³/mol. The summed E-state index contributed by atoms with van der Waals surface area (Å²) < 4.78 is 32.0. The van der Waals surface area contributed by atoms with Gasteiger partial charge >= 0.3 is 0 Å². The molecule has 0 aromatic carbocycles. The maximum atomic E-state index is 12.5. The number of nitrogens with zero attached hydrogens (tertiary/aromatic N) is 2. The minimum atomic E-state index is -3.73. The fraction of sp³-hybridized carbons (Fsp3) is 0.471. The van der Waals surface area contributed by atoms with Crippen LogP contribution in [-0.4, -0.2) is 70.0 Å². The number of rotatable bonds is 8. The maximum Gasteiger partial charge on any atom is 0.252 e. The second kappa shape index (κ2) is 9.66. The SMILES string of the molecule is CN(CC(=O)NCC(c1cccs1)N1CCOCC1)S(=O)(=O)c1ccc(Cl)s1. The molecular formula is C17H22ClN3O4S3. The summed E-state index contributed by atoms with van der Waals surface area (Å²) in [6.07, 6.45) is 0. The molecule has 1 unspecified atom stereocenters. The number of sulfonamides is 1. The Bertz CT molecular complexity index is 879. The summed E-state index contributed by atoms with van der Waals surface area (Å²) in [6, 6.07) is 7.06. The van der Waals surface area contributed by atoms with Crippen molar-refractivity contribution >= 4 is 50.2 Å². The van der Waals surface area contributed by atoms with Gasteiger partial charge < -0.3 is 10.1 Å². The Labute approximate surface area is 177 Å². The topological polar surface area (TPSA) is 79.0 Å². The third kappa shape index (κ3) is 5.32. The Kier molecular flexibility index (Phi) is 7.48. The van der Waals surface area contributed by atoms with Crippen LogP contribution >= 0.6 is 34.3 Å². The molecule has 28 heavy (non-hydrogen) atoms. The standard InChI is InChI=1S/C17H22ClN3O4S3/c1-20(28(23,24)17-5-4-15(18)27-17)12-16(22)19-11-13(14-3-2-10-26-14)21-6-8-25-9-7-21/h2-5,10,13H,6-9,11-12H2,1H3,(H,19,22). The van der Waals surface area contributed by atoms with Crippen LogP contribution in [0, 0.1) is 0 Å². The van der Waals surface area contributed by atoms with Crippen LogP contribution < -0.4 is 5.32 Å². The normalized spacial score (nSPS) is 17.0. The van der Waals surface area contributed by atoms with E-state index >= 15 is 0 Å². The Morgan fingerprint density at radius 1 is 1.36 bits per heavy atom. The molecule has 0 bridgehead atoms. The summed E-state index contributed by atoms with van der Waals surface area (Å²) in [7, 11) is -2.34. The first-order chi connectivity index (χ1) is 13.4. The van der Waals surface area contributed by atoms with Gasteiger partial charge in [0.25, 0.3) is 10.0 Å². The highest BCUT2D eigenvalue weighted by Crippen LogP contribution is 2.28. The first-order valence-electron chi connectivity index (χ1n) is 8.71. The van der Waals surface area contributed by atoms with Crippen molar-refractivity contribution in [1.29, 1.82) is 0 Å². The fourth-order valence-corrected chi connectivity index (χ4v) is 6.60. The number of nitrogens with one attached hydrogen (secondary N) is 1. The van der Waals surface area contributed by atoms with Crippen LogP contribution in [0.4, 0.5) is 0 Å². The minimum Gasteiger partial charge on any atom is -0.379 e. The molecular weight excluding hydrogens is 442 g/mol. The number of carbonyl (C=O) groups excluding carboxylic acids is 1. The fourth-order valence-electron chi connectivity index (χ4n) is 2.92. The third-order valence-corrected chi connectivity index (χ3v) is 8.91. The van der Waals surface area contributed by atoms with Crippen LogP contribution in [0.3, 0.4) is 0 Å². The molecule has 2 aromatic heterocycles. The van der Waals surface area contributed by atoms with Crippen molar-refractivity contribution in [3.63, 3.8) is 0 Å². The Hall–Kier alpha value is -1.01. The molecule has 1 amide bonds. The summed E-state index contributed by atoms with van der Waals surface area (Å²) in [6.45, 7) is 3.09. The van der Waals surface area contributed by atoms with Crippen LogP contribution in [-0.2, 0) is 19.6 Å². The highest BCUT2D eigenvalue weighted by Gasteiger charge is 2.27. The third-order valence-electron chi connectivity index (χ3n) is 4.43. The van der Waals surface area contributed by atoms with E-state index < -0.39 is 10.0 Å². The van der Waals surface area contributed by atoms with Gasteiger partial charge in [-0.05, 0) is 23.6 Å². The molecule has 3 heterocycles. The lowest BCUT2D eigenvalue weighted by Crippen LogP contribution is -2.45. The van der Waals surface area contributed by atoms with Gasteiger partial charge in [-0.3, -0.25) is 9.69 Å². The van der Waals surface area contributed by atoms with Crippen LogP contribution in [0.2, 0.25) is 4.34 Å². The molecule has 1 saturated heterocycles. The zero-order chi connectivity index (χ0) is 20.1. The van der Waals surface area contributed by atoms with Gasteiger partial charge in [0, 0.05) is 31.6 Å². The molecule has 1 N–H and O–H groups in total. The van der Waals surface area contributed by atoms with Crippen molar-refractivity contribution < 1.29 is 17.9 Å². The van der Waals surface area contributed by atoms with Crippen molar-refractivity contribution in [1.82, 2.24) is 14.5 Å². The summed E-state index contributed by atoms with van der Waals surface area (Å²) in [5.41, 5.74) is 0. The van der Waals surface area contributed by atoms with E-state index in [4.69, 9.17) is 16.3 Å². The lowest BCUT2D eigenvalue weighted by Gasteiger charge is -2.34. The molecule has 1 atom stereocenters. The zero-order valence-electron chi connectivity index (χ0n) is 15.3. The molecule has 0 spiro atoms. The van der Waals surface area contributed by atoms with E-state index in [1.807, 2.05) is 17.5 Å². The summed E-state index contributed by atoms with van der Waals surface area (Å²) >= 11 is 8.44. The Morgan fingerprint density at radius 2 is 2.11 bits per heavy atom. The monoisotopic (exact) mass is 463 g/mol. The van der Waals surface area contributed by atoms with E-state index in [1.165, 1.54) is 19.2 Å². The number of morpholine rings is 1. The average molecular weight is 464 g/mol. The number of hydrogen-bond donors (Lipinski definition) is 1. The molecule has 1 fully saturated rings. The highest BCUT2D eigenvalue weighted by molar-refractivity contribution is 7.91. The first kappa shape index (κ1) is 21.7. The molecule has 154 valence electrons. The second-order valence-corrected chi connectivity index (χ2v) is 11.3. The molecule has 0 aliphatic carbocycles. The molecule has 0 saturated carbocycles. The zero-order valence-corrected chi connectivity index (χ0v) is 18.5. The quantitative estimate of drug-likeness (QED) is 0.649. The summed E-state index contributed by atoms with van der Waals surface area (Å²) in [5.74, 6) is -0.344. The highest BCUT2D eigenvalue weighted by atomic mass is 35.5. The van der Waals surface area contributed by atoms with Gasteiger partial charge in [0.05, 0.1) is 30.1 Å². The number of hydrogen-bond acceptors (Lipinski definition) is 7. The maximum absolute atomic E-state index is 12.5. The number of carbonyl (C=O) groups is 1. The molecule has 11 heteroatoms. The van der Waals surface area contributed by atoms with E-state index in [2.05, 4.69) is 10.2 Å². The van der Waals surface area contributed by atoms with Crippen molar-refractivity contribution in [3.05, 3.63) is 38.9 Å². The lowest BCUT2D eigenvalue weighted by molar-refractivity contribution is -0.121. The van der Waals surface area contributed by atoms with Gasteiger partial charge in [0.1, 0.15) is 4.21 Å². The van der Waals surface area contributed by atoms with Gasteiger partial charge in [0.2, 0.25) is 5.91 Å². The van der Waals surface area contributed by atoms with Gasteiger partial charge in [0.15, 0.2) is 0 Å². The van der Waals surface area contributed by atoms with Crippen molar-refractivity contribution in [2.24, 2.45) is 0 Å². The number of amides is 1.